The summed E-state index contributed by atoms with van der Waals surface area (Å²) in [4.78, 5) is 0. The van der Waals surface area contributed by atoms with Crippen molar-refractivity contribution in [3.63, 3.8) is 0 Å². The van der Waals surface area contributed by atoms with Crippen LogP contribution in [0.1, 0.15) is 18.2 Å². The summed E-state index contributed by atoms with van der Waals surface area (Å²) < 4.78 is 32.7. The van der Waals surface area contributed by atoms with Gasteiger partial charge in [-0.1, -0.05) is 19.1 Å². The second kappa shape index (κ2) is 5.31. The predicted octanol–water partition coefficient (Wildman–Crippen LogP) is 3.64. The lowest BCUT2D eigenvalue weighted by atomic mass is 10.0. The van der Waals surface area contributed by atoms with Crippen molar-refractivity contribution in [1.29, 1.82) is 0 Å². The molecule has 0 saturated carbocycles. The first-order chi connectivity index (χ1) is 8.65. The minimum absolute atomic E-state index is 0.236. The Bertz CT molecular complexity index is 549. The molecular weight excluding hydrogens is 236 g/mol. The van der Waals surface area contributed by atoms with E-state index in [1.807, 2.05) is 6.92 Å². The number of nitrogens with one attached hydrogen (secondary N) is 1. The maximum absolute atomic E-state index is 13.9. The van der Waals surface area contributed by atoms with E-state index in [4.69, 9.17) is 4.42 Å². The van der Waals surface area contributed by atoms with Gasteiger partial charge in [0.2, 0.25) is 0 Å². The van der Waals surface area contributed by atoms with Crippen LogP contribution in [0.5, 0.6) is 0 Å². The molecule has 18 heavy (non-hydrogen) atoms. The van der Waals surface area contributed by atoms with Crippen LogP contribution >= 0.6 is 0 Å². The van der Waals surface area contributed by atoms with E-state index in [1.54, 1.807) is 18.2 Å². The number of rotatable bonds is 4. The summed E-state index contributed by atoms with van der Waals surface area (Å²) in [6.45, 7) is 4.78. The molecule has 1 N–H and O–H groups in total. The molecule has 0 radical (unpaired) electrons. The van der Waals surface area contributed by atoms with Crippen LogP contribution in [-0.4, -0.2) is 6.54 Å². The second-order valence-corrected chi connectivity index (χ2v) is 4.10. The molecule has 96 valence electrons. The highest BCUT2D eigenvalue weighted by Crippen LogP contribution is 2.29. The van der Waals surface area contributed by atoms with Crippen molar-refractivity contribution in [2.24, 2.45) is 0 Å². The molecule has 0 fully saturated rings. The van der Waals surface area contributed by atoms with E-state index < -0.39 is 11.6 Å². The molecule has 1 heterocycles. The molecule has 0 saturated heterocycles. The Morgan fingerprint density at radius 1 is 1.11 bits per heavy atom. The van der Waals surface area contributed by atoms with Crippen molar-refractivity contribution in [2.75, 3.05) is 6.54 Å². The average Bonchev–Trinajstić information content (AvgIpc) is 2.82. The quantitative estimate of drug-likeness (QED) is 0.897. The summed E-state index contributed by atoms with van der Waals surface area (Å²) in [5.41, 5.74) is 1.13. The molecule has 2 nitrogen and oxygen atoms in total. The first-order valence-corrected chi connectivity index (χ1v) is 5.87. The minimum Gasteiger partial charge on any atom is -0.467 e. The zero-order valence-electron chi connectivity index (χ0n) is 10.4. The molecule has 0 bridgehead atoms. The van der Waals surface area contributed by atoms with Gasteiger partial charge in [0.15, 0.2) is 11.6 Å². The van der Waals surface area contributed by atoms with Crippen molar-refractivity contribution in [3.8, 4) is 11.1 Å². The molecule has 1 aromatic heterocycles. The highest BCUT2D eigenvalue weighted by Gasteiger charge is 2.16. The Balaban J connectivity index is 2.43. The van der Waals surface area contributed by atoms with E-state index in [0.29, 0.717) is 23.4 Å². The average molecular weight is 251 g/mol. The molecule has 0 spiro atoms. The van der Waals surface area contributed by atoms with Gasteiger partial charge in [0, 0.05) is 11.1 Å². The fourth-order valence-corrected chi connectivity index (χ4v) is 1.81. The van der Waals surface area contributed by atoms with Gasteiger partial charge in [0.05, 0.1) is 12.8 Å². The van der Waals surface area contributed by atoms with E-state index in [-0.39, 0.29) is 5.56 Å². The van der Waals surface area contributed by atoms with Gasteiger partial charge in [-0.05, 0) is 25.1 Å². The highest BCUT2D eigenvalue weighted by atomic mass is 19.2. The Morgan fingerprint density at radius 3 is 2.61 bits per heavy atom. The molecule has 2 aromatic rings. The predicted molar refractivity (Wildman–Crippen MR) is 66.2 cm³/mol. The van der Waals surface area contributed by atoms with Gasteiger partial charge >= 0.3 is 0 Å². The molecule has 0 aliphatic rings. The number of benzene rings is 1. The normalized spacial score (nSPS) is 10.9. The van der Waals surface area contributed by atoms with Crippen LogP contribution in [0.25, 0.3) is 11.1 Å². The monoisotopic (exact) mass is 251 g/mol. The molecule has 0 atom stereocenters. The Labute approximate surface area is 105 Å². The number of hydrogen-bond acceptors (Lipinski definition) is 2. The van der Waals surface area contributed by atoms with Crippen molar-refractivity contribution in [1.82, 2.24) is 5.32 Å². The number of halogens is 2. The van der Waals surface area contributed by atoms with Crippen LogP contribution in [0, 0.1) is 18.6 Å². The fraction of sp³-hybridized carbons (Fsp3) is 0.286. The van der Waals surface area contributed by atoms with Crippen molar-refractivity contribution in [2.45, 2.75) is 20.4 Å². The lowest BCUT2D eigenvalue weighted by Gasteiger charge is -2.07. The van der Waals surface area contributed by atoms with E-state index in [1.165, 1.54) is 13.2 Å². The molecule has 0 aliphatic carbocycles. The number of aryl methyl sites for hydroxylation is 1. The minimum atomic E-state index is -0.825. The van der Waals surface area contributed by atoms with Crippen LogP contribution in [0.4, 0.5) is 8.78 Å². The van der Waals surface area contributed by atoms with Crippen LogP contribution in [0.3, 0.4) is 0 Å². The molecule has 1 aromatic carbocycles. The van der Waals surface area contributed by atoms with Crippen molar-refractivity contribution in [3.05, 3.63) is 47.4 Å². The molecule has 4 heteroatoms. The van der Waals surface area contributed by atoms with Gasteiger partial charge in [0.25, 0.3) is 0 Å². The Kier molecular flexibility index (Phi) is 3.77. The summed E-state index contributed by atoms with van der Waals surface area (Å²) in [6, 6.07) is 4.80. The van der Waals surface area contributed by atoms with Crippen LogP contribution < -0.4 is 5.32 Å². The lowest BCUT2D eigenvalue weighted by molar-refractivity contribution is 0.486. The van der Waals surface area contributed by atoms with Crippen LogP contribution in [-0.2, 0) is 6.54 Å². The Hall–Kier alpha value is -1.68. The van der Waals surface area contributed by atoms with Crippen LogP contribution in [0.2, 0.25) is 0 Å². The van der Waals surface area contributed by atoms with Crippen molar-refractivity contribution < 1.29 is 13.2 Å². The lowest BCUT2D eigenvalue weighted by Crippen LogP contribution is -2.11. The summed E-state index contributed by atoms with van der Waals surface area (Å²) in [5, 5.41) is 3.10. The maximum Gasteiger partial charge on any atom is 0.167 e. The van der Waals surface area contributed by atoms with Crippen molar-refractivity contribution >= 4 is 0 Å². The van der Waals surface area contributed by atoms with Gasteiger partial charge < -0.3 is 9.73 Å². The third-order valence-corrected chi connectivity index (χ3v) is 2.85. The number of furan rings is 1. The molecule has 2 rings (SSSR count). The highest BCUT2D eigenvalue weighted by molar-refractivity contribution is 5.66. The second-order valence-electron chi connectivity index (χ2n) is 4.10. The molecular formula is C14H15F2NO. The molecule has 0 aliphatic heterocycles. The molecule has 0 amide bonds. The topological polar surface area (TPSA) is 25.2 Å². The SMILES string of the molecule is CCNCc1occc1-c1ccc(C)c(F)c1F. The van der Waals surface area contributed by atoms with E-state index in [9.17, 15) is 8.78 Å². The zero-order chi connectivity index (χ0) is 13.1. The van der Waals surface area contributed by atoms with Gasteiger partial charge in [-0.15, -0.1) is 0 Å². The molecule has 0 unspecified atom stereocenters. The standard InChI is InChI=1S/C14H15F2NO/c1-3-17-8-12-10(6-7-18-12)11-5-4-9(2)13(15)14(11)16/h4-7,17H,3,8H2,1-2H3. The first-order valence-electron chi connectivity index (χ1n) is 5.87. The number of hydrogen-bond donors (Lipinski definition) is 1. The first kappa shape index (κ1) is 12.8. The largest absolute Gasteiger partial charge is 0.467 e. The van der Waals surface area contributed by atoms with E-state index >= 15 is 0 Å². The summed E-state index contributed by atoms with van der Waals surface area (Å²) in [5.74, 6) is -1.02. The maximum atomic E-state index is 13.9. The van der Waals surface area contributed by atoms with E-state index in [0.717, 1.165) is 6.54 Å². The fourth-order valence-electron chi connectivity index (χ4n) is 1.81. The van der Waals surface area contributed by atoms with Gasteiger partial charge in [-0.3, -0.25) is 0 Å². The van der Waals surface area contributed by atoms with Crippen LogP contribution in [0.15, 0.2) is 28.9 Å². The zero-order valence-corrected chi connectivity index (χ0v) is 10.4. The summed E-state index contributed by atoms with van der Waals surface area (Å²) >= 11 is 0. The summed E-state index contributed by atoms with van der Waals surface area (Å²) in [7, 11) is 0. The van der Waals surface area contributed by atoms with Gasteiger partial charge in [-0.25, -0.2) is 8.78 Å². The third-order valence-electron chi connectivity index (χ3n) is 2.85. The summed E-state index contributed by atoms with van der Waals surface area (Å²) in [6.07, 6.45) is 1.49. The Morgan fingerprint density at radius 2 is 1.89 bits per heavy atom. The van der Waals surface area contributed by atoms with Gasteiger partial charge in [0.1, 0.15) is 5.76 Å². The third kappa shape index (κ3) is 2.29. The van der Waals surface area contributed by atoms with E-state index in [2.05, 4.69) is 5.32 Å². The van der Waals surface area contributed by atoms with Gasteiger partial charge in [-0.2, -0.15) is 0 Å². The smallest absolute Gasteiger partial charge is 0.167 e.